The minimum Gasteiger partial charge on any atom is -0.337 e. The Bertz CT molecular complexity index is 769. The van der Waals surface area contributed by atoms with Crippen LogP contribution in [-0.2, 0) is 11.3 Å². The number of carbonyl (C=O) groups is 1. The Morgan fingerprint density at radius 3 is 2.92 bits per heavy atom. The van der Waals surface area contributed by atoms with Gasteiger partial charge < -0.3 is 14.7 Å². The molecule has 0 radical (unpaired) electrons. The third-order valence-electron chi connectivity index (χ3n) is 5.88. The normalized spacial score (nSPS) is 24.2. The van der Waals surface area contributed by atoms with Crippen molar-refractivity contribution < 1.29 is 9.32 Å². The molecule has 1 aliphatic heterocycles. The van der Waals surface area contributed by atoms with Crippen LogP contribution in [0.15, 0.2) is 29.0 Å². The Hall–Kier alpha value is -2.28. The third kappa shape index (κ3) is 2.72. The number of piperidine rings is 1. The zero-order valence-corrected chi connectivity index (χ0v) is 14.7. The first kappa shape index (κ1) is 16.2. The third-order valence-corrected chi connectivity index (χ3v) is 5.88. The van der Waals surface area contributed by atoms with Crippen molar-refractivity contribution in [2.24, 2.45) is 10.8 Å². The van der Waals surface area contributed by atoms with Crippen LogP contribution < -0.4 is 5.32 Å². The molecule has 2 aromatic rings. The average Bonchev–Trinajstić information content (AvgIpc) is 2.98. The number of nitrogens with one attached hydrogen (secondary N) is 1. The Morgan fingerprint density at radius 2 is 2.20 bits per heavy atom. The zero-order valence-electron chi connectivity index (χ0n) is 14.7. The van der Waals surface area contributed by atoms with Gasteiger partial charge in [0.1, 0.15) is 0 Å². The molecule has 2 aliphatic rings. The Balaban J connectivity index is 1.43. The zero-order chi connectivity index (χ0) is 17.5. The summed E-state index contributed by atoms with van der Waals surface area (Å²) in [5.74, 6) is 1.12. The number of pyridine rings is 1. The van der Waals surface area contributed by atoms with Crippen LogP contribution in [0.1, 0.15) is 32.1 Å². The van der Waals surface area contributed by atoms with Gasteiger partial charge in [-0.2, -0.15) is 4.98 Å². The molecule has 4 rings (SSSR count). The summed E-state index contributed by atoms with van der Waals surface area (Å²) in [5, 5.41) is 7.37. The summed E-state index contributed by atoms with van der Waals surface area (Å²) >= 11 is 0. The lowest BCUT2D eigenvalue weighted by molar-refractivity contribution is -0.137. The van der Waals surface area contributed by atoms with Crippen LogP contribution >= 0.6 is 0 Å². The highest BCUT2D eigenvalue weighted by atomic mass is 16.5. The quantitative estimate of drug-likeness (QED) is 0.914. The fourth-order valence-corrected chi connectivity index (χ4v) is 4.20. The predicted octanol–water partition coefficient (Wildman–Crippen LogP) is 1.87. The van der Waals surface area contributed by atoms with Gasteiger partial charge in [-0.15, -0.1) is 0 Å². The van der Waals surface area contributed by atoms with Crippen LogP contribution in [0.2, 0.25) is 0 Å². The molecule has 1 spiro atoms. The molecule has 3 heterocycles. The van der Waals surface area contributed by atoms with Crippen molar-refractivity contribution in [3.05, 3.63) is 30.4 Å². The predicted molar refractivity (Wildman–Crippen MR) is 91.3 cm³/mol. The smallest absolute Gasteiger partial charge is 0.246 e. The highest BCUT2D eigenvalue weighted by molar-refractivity contribution is 5.86. The van der Waals surface area contributed by atoms with Crippen LogP contribution in [0.25, 0.3) is 11.4 Å². The van der Waals surface area contributed by atoms with Gasteiger partial charge >= 0.3 is 0 Å². The maximum atomic E-state index is 13.0. The first-order valence-electron chi connectivity index (χ1n) is 8.73. The lowest BCUT2D eigenvalue weighted by atomic mass is 9.85. The van der Waals surface area contributed by atoms with E-state index in [9.17, 15) is 4.79 Å². The molecular formula is C18H23N5O2. The van der Waals surface area contributed by atoms with E-state index in [0.717, 1.165) is 37.9 Å². The second-order valence-electron chi connectivity index (χ2n) is 7.45. The molecule has 1 saturated carbocycles. The largest absolute Gasteiger partial charge is 0.337 e. The van der Waals surface area contributed by atoms with Crippen LogP contribution in [0.5, 0.6) is 0 Å². The maximum Gasteiger partial charge on any atom is 0.246 e. The van der Waals surface area contributed by atoms with Gasteiger partial charge in [0.2, 0.25) is 17.6 Å². The van der Waals surface area contributed by atoms with Crippen molar-refractivity contribution in [3.8, 4) is 11.4 Å². The molecule has 7 nitrogen and oxygen atoms in total. The molecule has 2 fully saturated rings. The number of rotatable bonds is 4. The average molecular weight is 341 g/mol. The highest BCUT2D eigenvalue weighted by Gasteiger charge is 2.68. The van der Waals surface area contributed by atoms with Crippen molar-refractivity contribution >= 4 is 5.91 Å². The van der Waals surface area contributed by atoms with Crippen LogP contribution in [0, 0.1) is 10.8 Å². The minimum absolute atomic E-state index is 0.176. The topological polar surface area (TPSA) is 84.2 Å². The second-order valence-corrected chi connectivity index (χ2v) is 7.45. The molecule has 1 unspecified atom stereocenters. The first-order chi connectivity index (χ1) is 12.0. The standard InChI is InChI=1S/C18H23N5O2/c1-17(12-18(17)5-8-19-9-6-18)16(24)23(2)11-14-21-15(22-25-14)13-4-3-7-20-10-13/h3-4,7,10,19H,5-6,8-9,11-12H2,1-2H3. The Kier molecular flexibility index (Phi) is 3.83. The van der Waals surface area contributed by atoms with E-state index >= 15 is 0 Å². The molecular weight excluding hydrogens is 318 g/mol. The molecule has 1 atom stereocenters. The fourth-order valence-electron chi connectivity index (χ4n) is 4.20. The summed E-state index contributed by atoms with van der Waals surface area (Å²) in [6.07, 6.45) is 6.53. The van der Waals surface area contributed by atoms with Crippen molar-refractivity contribution in [2.45, 2.75) is 32.7 Å². The van der Waals surface area contributed by atoms with Gasteiger partial charge in [-0.05, 0) is 49.9 Å². The summed E-state index contributed by atoms with van der Waals surface area (Å²) < 4.78 is 5.32. The number of aromatic nitrogens is 3. The molecule has 0 aromatic carbocycles. The van der Waals surface area contributed by atoms with Crippen LogP contribution in [0.4, 0.5) is 0 Å². The first-order valence-corrected chi connectivity index (χ1v) is 8.73. The van der Waals surface area contributed by atoms with Crippen molar-refractivity contribution in [1.29, 1.82) is 0 Å². The summed E-state index contributed by atoms with van der Waals surface area (Å²) in [5.41, 5.74) is 0.726. The van der Waals surface area contributed by atoms with Gasteiger partial charge in [-0.3, -0.25) is 9.78 Å². The number of amides is 1. The Labute approximate surface area is 146 Å². The van der Waals surface area contributed by atoms with E-state index < -0.39 is 0 Å². The number of hydrogen-bond donors (Lipinski definition) is 1. The van der Waals surface area contributed by atoms with Crippen LogP contribution in [-0.4, -0.2) is 46.1 Å². The van der Waals surface area contributed by atoms with Gasteiger partial charge in [0.15, 0.2) is 0 Å². The minimum atomic E-state index is -0.254. The van der Waals surface area contributed by atoms with E-state index in [-0.39, 0.29) is 16.7 Å². The number of hydrogen-bond acceptors (Lipinski definition) is 6. The maximum absolute atomic E-state index is 13.0. The highest BCUT2D eigenvalue weighted by Crippen LogP contribution is 2.68. The molecule has 1 saturated heterocycles. The molecule has 1 N–H and O–H groups in total. The van der Waals surface area contributed by atoms with Gasteiger partial charge in [0.25, 0.3) is 0 Å². The van der Waals surface area contributed by atoms with Gasteiger partial charge in [0.05, 0.1) is 12.0 Å². The summed E-state index contributed by atoms with van der Waals surface area (Å²) in [6.45, 7) is 4.44. The molecule has 132 valence electrons. The molecule has 1 aliphatic carbocycles. The molecule has 25 heavy (non-hydrogen) atoms. The number of carbonyl (C=O) groups excluding carboxylic acids is 1. The van der Waals surface area contributed by atoms with Crippen molar-refractivity contribution in [1.82, 2.24) is 25.3 Å². The summed E-state index contributed by atoms with van der Waals surface area (Å²) in [4.78, 5) is 23.2. The van der Waals surface area contributed by atoms with Crippen molar-refractivity contribution in [3.63, 3.8) is 0 Å². The summed E-state index contributed by atoms with van der Waals surface area (Å²) in [7, 11) is 1.81. The molecule has 2 aromatic heterocycles. The SMILES string of the molecule is CN(Cc1nc(-c2cccnc2)no1)C(=O)C1(C)CC12CCNCC2. The monoisotopic (exact) mass is 341 g/mol. The molecule has 7 heteroatoms. The molecule has 1 amide bonds. The van der Waals surface area contributed by atoms with E-state index in [1.165, 1.54) is 0 Å². The van der Waals surface area contributed by atoms with E-state index in [2.05, 4.69) is 27.4 Å². The van der Waals surface area contributed by atoms with E-state index in [0.29, 0.717) is 18.3 Å². The van der Waals surface area contributed by atoms with Gasteiger partial charge in [0, 0.05) is 25.0 Å². The van der Waals surface area contributed by atoms with E-state index in [4.69, 9.17) is 4.52 Å². The number of nitrogens with zero attached hydrogens (tertiary/aromatic N) is 4. The second kappa shape index (κ2) is 5.91. The lowest BCUT2D eigenvalue weighted by Crippen LogP contribution is -2.39. The van der Waals surface area contributed by atoms with Crippen LogP contribution in [0.3, 0.4) is 0 Å². The van der Waals surface area contributed by atoms with E-state index in [1.807, 2.05) is 19.2 Å². The summed E-state index contributed by atoms with van der Waals surface area (Å²) in [6, 6.07) is 3.70. The van der Waals surface area contributed by atoms with E-state index in [1.54, 1.807) is 17.3 Å². The van der Waals surface area contributed by atoms with Gasteiger partial charge in [-0.25, -0.2) is 0 Å². The lowest BCUT2D eigenvalue weighted by Gasteiger charge is -2.29. The van der Waals surface area contributed by atoms with Gasteiger partial charge in [-0.1, -0.05) is 12.1 Å². The Morgan fingerprint density at radius 1 is 1.40 bits per heavy atom. The fraction of sp³-hybridized carbons (Fsp3) is 0.556. The molecule has 0 bridgehead atoms. The van der Waals surface area contributed by atoms with Crippen molar-refractivity contribution in [2.75, 3.05) is 20.1 Å².